The largest absolute Gasteiger partial charge is 0.497 e. The number of hydrogen-bond acceptors (Lipinski definition) is 4. The molecule has 0 unspecified atom stereocenters. The summed E-state index contributed by atoms with van der Waals surface area (Å²) in [7, 11) is 1.72. The van der Waals surface area contributed by atoms with E-state index in [-0.39, 0.29) is 0 Å². The molecule has 2 aliphatic heterocycles. The molecule has 3 aliphatic rings. The van der Waals surface area contributed by atoms with Crippen molar-refractivity contribution in [3.63, 3.8) is 0 Å². The third kappa shape index (κ3) is 3.16. The molecule has 2 saturated heterocycles. The Morgan fingerprint density at radius 1 is 0.963 bits per heavy atom. The van der Waals surface area contributed by atoms with Gasteiger partial charge in [0.2, 0.25) is 0 Å². The van der Waals surface area contributed by atoms with E-state index in [0.29, 0.717) is 17.9 Å². The van der Waals surface area contributed by atoms with Gasteiger partial charge in [-0.3, -0.25) is 9.80 Å². The zero-order chi connectivity index (χ0) is 18.2. The monoisotopic (exact) mass is 364 g/mol. The van der Waals surface area contributed by atoms with Crippen molar-refractivity contribution in [3.8, 4) is 5.75 Å². The Bertz CT molecular complexity index is 785. The van der Waals surface area contributed by atoms with Gasteiger partial charge in [-0.15, -0.1) is 0 Å². The normalized spacial score (nSPS) is 28.1. The van der Waals surface area contributed by atoms with Crippen LogP contribution in [-0.4, -0.2) is 56.3 Å². The lowest BCUT2D eigenvalue weighted by Crippen LogP contribution is -2.41. The SMILES string of the molecule is COc1ccc(CN2C[C@H]3[C@@H](C2)c2ccccc2[C@@H]3N2CCOCC2)cc1. The summed E-state index contributed by atoms with van der Waals surface area (Å²) in [6.07, 6.45) is 0. The average molecular weight is 364 g/mol. The second kappa shape index (κ2) is 7.27. The highest BCUT2D eigenvalue weighted by Crippen LogP contribution is 2.52. The van der Waals surface area contributed by atoms with Crippen LogP contribution < -0.4 is 4.74 Å². The van der Waals surface area contributed by atoms with Gasteiger partial charge in [-0.25, -0.2) is 0 Å². The van der Waals surface area contributed by atoms with Crippen molar-refractivity contribution >= 4 is 0 Å². The summed E-state index contributed by atoms with van der Waals surface area (Å²) in [6.45, 7) is 7.20. The molecule has 4 heteroatoms. The predicted octanol–water partition coefficient (Wildman–Crippen LogP) is 3.30. The summed E-state index contributed by atoms with van der Waals surface area (Å²) < 4.78 is 10.9. The van der Waals surface area contributed by atoms with Crippen LogP contribution in [0.3, 0.4) is 0 Å². The lowest BCUT2D eigenvalue weighted by molar-refractivity contribution is 0.00470. The molecular weight excluding hydrogens is 336 g/mol. The van der Waals surface area contributed by atoms with Gasteiger partial charge in [-0.1, -0.05) is 36.4 Å². The molecule has 27 heavy (non-hydrogen) atoms. The van der Waals surface area contributed by atoms with Gasteiger partial charge in [0.15, 0.2) is 0 Å². The first-order valence-corrected chi connectivity index (χ1v) is 10.1. The molecule has 5 rings (SSSR count). The highest BCUT2D eigenvalue weighted by molar-refractivity contribution is 5.41. The van der Waals surface area contributed by atoms with Crippen molar-refractivity contribution in [2.24, 2.45) is 5.92 Å². The maximum Gasteiger partial charge on any atom is 0.118 e. The van der Waals surface area contributed by atoms with Crippen LogP contribution in [-0.2, 0) is 11.3 Å². The van der Waals surface area contributed by atoms with Crippen LogP contribution in [0, 0.1) is 5.92 Å². The molecule has 0 amide bonds. The Labute approximate surface area is 161 Å². The first-order chi connectivity index (χ1) is 13.3. The smallest absolute Gasteiger partial charge is 0.118 e. The maximum atomic E-state index is 5.62. The van der Waals surface area contributed by atoms with Crippen LogP contribution >= 0.6 is 0 Å². The van der Waals surface area contributed by atoms with Gasteiger partial charge in [-0.05, 0) is 34.7 Å². The Morgan fingerprint density at radius 2 is 1.70 bits per heavy atom. The number of benzene rings is 2. The zero-order valence-corrected chi connectivity index (χ0v) is 16.0. The van der Waals surface area contributed by atoms with Crippen LogP contribution in [0.5, 0.6) is 5.75 Å². The minimum absolute atomic E-state index is 0.552. The van der Waals surface area contributed by atoms with Gasteiger partial charge >= 0.3 is 0 Å². The minimum Gasteiger partial charge on any atom is -0.497 e. The van der Waals surface area contributed by atoms with Gasteiger partial charge in [0, 0.05) is 44.7 Å². The van der Waals surface area contributed by atoms with Gasteiger partial charge < -0.3 is 9.47 Å². The summed E-state index contributed by atoms with van der Waals surface area (Å²) in [5.74, 6) is 2.28. The molecule has 0 saturated carbocycles. The second-order valence-corrected chi connectivity index (χ2v) is 8.03. The second-order valence-electron chi connectivity index (χ2n) is 8.03. The van der Waals surface area contributed by atoms with E-state index in [1.54, 1.807) is 18.2 Å². The van der Waals surface area contributed by atoms with Crippen molar-refractivity contribution in [1.29, 1.82) is 0 Å². The summed E-state index contributed by atoms with van der Waals surface area (Å²) in [5.41, 5.74) is 4.52. The predicted molar refractivity (Wildman–Crippen MR) is 106 cm³/mol. The lowest BCUT2D eigenvalue weighted by atomic mass is 9.93. The molecule has 1 aliphatic carbocycles. The van der Waals surface area contributed by atoms with E-state index in [0.717, 1.165) is 45.1 Å². The van der Waals surface area contributed by atoms with Crippen LogP contribution in [0.1, 0.15) is 28.7 Å². The molecule has 0 spiro atoms. The fraction of sp³-hybridized carbons (Fsp3) is 0.478. The number of ether oxygens (including phenoxy) is 2. The van der Waals surface area contributed by atoms with Crippen LogP contribution in [0.15, 0.2) is 48.5 Å². The number of methoxy groups -OCH3 is 1. The molecule has 0 N–H and O–H groups in total. The van der Waals surface area contributed by atoms with E-state index < -0.39 is 0 Å². The topological polar surface area (TPSA) is 24.9 Å². The minimum atomic E-state index is 0.552. The van der Waals surface area contributed by atoms with Crippen molar-refractivity contribution in [1.82, 2.24) is 9.80 Å². The van der Waals surface area contributed by atoms with E-state index >= 15 is 0 Å². The number of rotatable bonds is 4. The molecule has 4 nitrogen and oxygen atoms in total. The quantitative estimate of drug-likeness (QED) is 0.831. The first kappa shape index (κ1) is 17.2. The van der Waals surface area contributed by atoms with Gasteiger partial charge in [0.1, 0.15) is 5.75 Å². The third-order valence-corrected chi connectivity index (χ3v) is 6.56. The first-order valence-electron chi connectivity index (χ1n) is 10.1. The zero-order valence-electron chi connectivity index (χ0n) is 16.0. The van der Waals surface area contributed by atoms with E-state index in [9.17, 15) is 0 Å². The number of morpholine rings is 1. The Kier molecular flexibility index (Phi) is 4.64. The molecule has 2 aromatic carbocycles. The van der Waals surface area contributed by atoms with Gasteiger partial charge in [0.25, 0.3) is 0 Å². The fourth-order valence-corrected chi connectivity index (χ4v) is 5.35. The maximum absolute atomic E-state index is 5.62. The molecule has 3 atom stereocenters. The molecule has 0 bridgehead atoms. The Morgan fingerprint density at radius 3 is 2.44 bits per heavy atom. The van der Waals surface area contributed by atoms with Crippen molar-refractivity contribution in [2.45, 2.75) is 18.5 Å². The molecule has 2 heterocycles. The number of likely N-dealkylation sites (tertiary alicyclic amines) is 1. The average Bonchev–Trinajstić information content (AvgIpc) is 3.25. The number of hydrogen-bond donors (Lipinski definition) is 0. The Balaban J connectivity index is 1.37. The molecule has 0 radical (unpaired) electrons. The summed E-state index contributed by atoms with van der Waals surface area (Å²) in [5, 5.41) is 0. The van der Waals surface area contributed by atoms with E-state index in [2.05, 4.69) is 58.3 Å². The Hall–Kier alpha value is -1.88. The molecule has 2 aromatic rings. The number of nitrogens with zero attached hydrogens (tertiary/aromatic N) is 2. The van der Waals surface area contributed by atoms with Crippen molar-refractivity contribution in [2.75, 3.05) is 46.5 Å². The van der Waals surface area contributed by atoms with E-state index in [4.69, 9.17) is 9.47 Å². The number of fused-ring (bicyclic) bond motifs is 3. The fourth-order valence-electron chi connectivity index (χ4n) is 5.35. The standard InChI is InChI=1S/C23H28N2O2/c1-26-18-8-6-17(7-9-18)14-24-15-21-19-4-2-3-5-20(19)23(22(21)16-24)25-10-12-27-13-11-25/h2-9,21-23H,10-16H2,1H3/t21-,22-,23-/m0/s1. The van der Waals surface area contributed by atoms with E-state index in [1.165, 1.54) is 12.1 Å². The highest BCUT2D eigenvalue weighted by Gasteiger charge is 2.48. The molecular formula is C23H28N2O2. The third-order valence-electron chi connectivity index (χ3n) is 6.56. The van der Waals surface area contributed by atoms with Crippen LogP contribution in [0.4, 0.5) is 0 Å². The molecule has 2 fully saturated rings. The summed E-state index contributed by atoms with van der Waals surface area (Å²) in [4.78, 5) is 5.31. The summed E-state index contributed by atoms with van der Waals surface area (Å²) >= 11 is 0. The molecule has 0 aromatic heterocycles. The lowest BCUT2D eigenvalue weighted by Gasteiger charge is -2.36. The van der Waals surface area contributed by atoms with Crippen LogP contribution in [0.2, 0.25) is 0 Å². The van der Waals surface area contributed by atoms with Crippen LogP contribution in [0.25, 0.3) is 0 Å². The van der Waals surface area contributed by atoms with Crippen molar-refractivity contribution < 1.29 is 9.47 Å². The van der Waals surface area contributed by atoms with Crippen molar-refractivity contribution in [3.05, 3.63) is 65.2 Å². The van der Waals surface area contributed by atoms with Gasteiger partial charge in [-0.2, -0.15) is 0 Å². The van der Waals surface area contributed by atoms with Gasteiger partial charge in [0.05, 0.1) is 20.3 Å². The van der Waals surface area contributed by atoms with E-state index in [1.807, 2.05) is 0 Å². The summed E-state index contributed by atoms with van der Waals surface area (Å²) in [6, 6.07) is 18.2. The highest BCUT2D eigenvalue weighted by atomic mass is 16.5. The molecule has 142 valence electrons.